The highest BCUT2D eigenvalue weighted by atomic mass is 19.4. The molecule has 0 bridgehead atoms. The molecule has 0 spiro atoms. The average Bonchev–Trinajstić information content (AvgIpc) is 3.92. The Bertz CT molecular complexity index is 2610. The van der Waals surface area contributed by atoms with Crippen LogP contribution in [0.25, 0.3) is 21.9 Å². The van der Waals surface area contributed by atoms with Crippen molar-refractivity contribution in [1.29, 1.82) is 0 Å². The van der Waals surface area contributed by atoms with E-state index < -0.39 is 47.9 Å². The average molecular weight is 957 g/mol. The number of esters is 1. The SMILES string of the molecule is C.CCCc1cc2c(C(F)(F)F)noc2c(CCC)c1OC(C(=O)O)c1ccc(C(C)C)cc1.CCCc1cc2c(C(F)(F)F)noc2c(CCC)c1OC(C(=O)OC)c1ccc(C(C)C)cc1. The maximum atomic E-state index is 13.5. The minimum Gasteiger partial charge on any atom is -0.478 e. The second-order valence-corrected chi connectivity index (χ2v) is 17.0. The molecule has 68 heavy (non-hydrogen) atoms. The van der Waals surface area contributed by atoms with Crippen LogP contribution in [0.2, 0.25) is 0 Å². The first-order valence-corrected chi connectivity index (χ1v) is 22.6. The van der Waals surface area contributed by atoms with E-state index in [4.69, 9.17) is 23.3 Å². The van der Waals surface area contributed by atoms with Gasteiger partial charge in [0.05, 0.1) is 17.9 Å². The van der Waals surface area contributed by atoms with Gasteiger partial charge in [0.2, 0.25) is 12.2 Å². The molecule has 2 atom stereocenters. The third kappa shape index (κ3) is 12.3. The van der Waals surface area contributed by atoms with Crippen LogP contribution in [-0.4, -0.2) is 34.5 Å². The van der Waals surface area contributed by atoms with Crippen molar-refractivity contribution in [2.45, 2.75) is 151 Å². The summed E-state index contributed by atoms with van der Waals surface area (Å²) < 4.78 is 109. The summed E-state index contributed by atoms with van der Waals surface area (Å²) in [6.45, 7) is 15.8. The van der Waals surface area contributed by atoms with Gasteiger partial charge in [0.25, 0.3) is 0 Å². The lowest BCUT2D eigenvalue weighted by Crippen LogP contribution is -2.21. The molecule has 0 amide bonds. The summed E-state index contributed by atoms with van der Waals surface area (Å²) in [7, 11) is 1.27. The molecule has 0 saturated heterocycles. The summed E-state index contributed by atoms with van der Waals surface area (Å²) >= 11 is 0. The molecule has 2 unspecified atom stereocenters. The number of carboxylic acid groups (broad SMARTS) is 1. The molecular weight excluding hydrogens is 895 g/mol. The highest BCUT2D eigenvalue weighted by Gasteiger charge is 2.40. The van der Waals surface area contributed by atoms with E-state index in [0.717, 1.165) is 11.1 Å². The Morgan fingerprint density at radius 3 is 1.24 bits per heavy atom. The highest BCUT2D eigenvalue weighted by molar-refractivity contribution is 5.88. The van der Waals surface area contributed by atoms with Crippen LogP contribution in [0, 0.1) is 0 Å². The summed E-state index contributed by atoms with van der Waals surface area (Å²) in [6, 6.07) is 17.4. The smallest absolute Gasteiger partial charge is 0.437 e. The number of carbonyl (C=O) groups excluding carboxylic acids is 1. The second-order valence-electron chi connectivity index (χ2n) is 17.0. The van der Waals surface area contributed by atoms with Gasteiger partial charge in [-0.15, -0.1) is 0 Å². The highest BCUT2D eigenvalue weighted by Crippen LogP contribution is 2.44. The molecule has 0 aliphatic heterocycles. The lowest BCUT2D eigenvalue weighted by Gasteiger charge is -2.22. The Morgan fingerprint density at radius 2 is 0.926 bits per heavy atom. The predicted molar refractivity (Wildman–Crippen MR) is 248 cm³/mol. The van der Waals surface area contributed by atoms with E-state index in [9.17, 15) is 41.0 Å². The van der Waals surface area contributed by atoms with Crippen molar-refractivity contribution in [2.24, 2.45) is 0 Å². The number of hydrogen-bond acceptors (Lipinski definition) is 9. The Hall–Kier alpha value is -6.06. The van der Waals surface area contributed by atoms with Crippen molar-refractivity contribution < 1.29 is 64.3 Å². The van der Waals surface area contributed by atoms with Gasteiger partial charge in [0.1, 0.15) is 11.5 Å². The number of alkyl halides is 6. The van der Waals surface area contributed by atoms with Crippen LogP contribution in [0.5, 0.6) is 11.5 Å². The maximum absolute atomic E-state index is 13.5. The van der Waals surface area contributed by atoms with E-state index in [0.29, 0.717) is 96.4 Å². The molecule has 0 aliphatic rings. The lowest BCUT2D eigenvalue weighted by atomic mass is 9.97. The lowest BCUT2D eigenvalue weighted by molar-refractivity contribution is -0.149. The zero-order valence-electron chi connectivity index (χ0n) is 39.2. The minimum atomic E-state index is -4.66. The molecule has 370 valence electrons. The Kier molecular flexibility index (Phi) is 18.7. The zero-order chi connectivity index (χ0) is 49.4. The molecule has 6 aromatic rings. The van der Waals surface area contributed by atoms with Crippen LogP contribution in [0.1, 0.15) is 168 Å². The number of carboxylic acids is 1. The summed E-state index contributed by atoms with van der Waals surface area (Å²) in [4.78, 5) is 24.9. The van der Waals surface area contributed by atoms with Crippen molar-refractivity contribution in [3.8, 4) is 11.5 Å². The van der Waals surface area contributed by atoms with Crippen molar-refractivity contribution >= 4 is 33.9 Å². The quantitative estimate of drug-likeness (QED) is 0.0655. The number of hydrogen-bond donors (Lipinski definition) is 1. The van der Waals surface area contributed by atoms with Crippen LogP contribution in [-0.2, 0) is 52.4 Å². The number of fused-ring (bicyclic) bond motifs is 2. The Balaban J connectivity index is 0.000000292. The number of benzene rings is 4. The second kappa shape index (κ2) is 23.3. The first-order valence-electron chi connectivity index (χ1n) is 22.6. The topological polar surface area (TPSA) is 134 Å². The molecule has 6 rings (SSSR count). The fourth-order valence-electron chi connectivity index (χ4n) is 7.91. The van der Waals surface area contributed by atoms with Gasteiger partial charge in [-0.1, -0.05) is 147 Å². The number of ether oxygens (including phenoxy) is 3. The van der Waals surface area contributed by atoms with Gasteiger partial charge >= 0.3 is 24.3 Å². The van der Waals surface area contributed by atoms with Crippen LogP contribution in [0.4, 0.5) is 26.3 Å². The fraction of sp³-hybridized carbons (Fsp3) is 0.462. The number of aliphatic carboxylic acids is 1. The molecule has 0 saturated carbocycles. The molecule has 2 heterocycles. The molecule has 0 fully saturated rings. The van der Waals surface area contributed by atoms with Crippen molar-refractivity contribution in [3.63, 3.8) is 0 Å². The molecule has 0 radical (unpaired) electrons. The van der Waals surface area contributed by atoms with Crippen molar-refractivity contribution in [2.75, 3.05) is 7.11 Å². The van der Waals surface area contributed by atoms with Gasteiger partial charge in [0, 0.05) is 22.3 Å². The standard InChI is InChI=1S/C26H30F3NO4.C25H28F3NO4.CH4/c1-6-8-18-14-20-23(34-30-24(20)26(27,28)29)19(9-7-2)21(18)33-22(25(31)32-5)17-12-10-16(11-13-17)15(3)4;1-5-7-17-13-19-22(33-29-23(19)25(26,27)28)18(8-6-2)20(17)32-21(24(30)31)16-11-9-15(10-12-16)14(3)4;/h10-15,22H,6-9H2,1-5H3;9-14,21H,5-8H2,1-4H3,(H,30,31);1H4. The Morgan fingerprint density at radius 1 is 0.588 bits per heavy atom. The van der Waals surface area contributed by atoms with Gasteiger partial charge in [-0.3, -0.25) is 0 Å². The number of nitrogens with zero attached hydrogens (tertiary/aromatic N) is 2. The predicted octanol–water partition coefficient (Wildman–Crippen LogP) is 14.9. The third-order valence-electron chi connectivity index (χ3n) is 11.3. The molecule has 1 N–H and O–H groups in total. The minimum absolute atomic E-state index is 0. The number of rotatable bonds is 18. The van der Waals surface area contributed by atoms with Gasteiger partial charge in [0.15, 0.2) is 22.6 Å². The van der Waals surface area contributed by atoms with E-state index in [1.165, 1.54) is 19.2 Å². The van der Waals surface area contributed by atoms with Crippen LogP contribution >= 0.6 is 0 Å². The number of aromatic nitrogens is 2. The van der Waals surface area contributed by atoms with Crippen LogP contribution in [0.15, 0.2) is 69.7 Å². The van der Waals surface area contributed by atoms with E-state index in [-0.39, 0.29) is 41.0 Å². The first kappa shape index (κ1) is 54.5. The van der Waals surface area contributed by atoms with E-state index in [1.54, 1.807) is 12.1 Å². The zero-order valence-corrected chi connectivity index (χ0v) is 39.2. The van der Waals surface area contributed by atoms with Crippen molar-refractivity contribution in [3.05, 3.63) is 117 Å². The van der Waals surface area contributed by atoms with Gasteiger partial charge < -0.3 is 28.4 Å². The third-order valence-corrected chi connectivity index (χ3v) is 11.3. The number of methoxy groups -OCH3 is 1. The molecule has 4 aromatic carbocycles. The van der Waals surface area contributed by atoms with Gasteiger partial charge in [-0.25, -0.2) is 9.59 Å². The van der Waals surface area contributed by atoms with E-state index in [1.807, 2.05) is 77.9 Å². The van der Waals surface area contributed by atoms with Gasteiger partial charge in [-0.2, -0.15) is 26.3 Å². The molecular formula is C52H62F6N2O8. The van der Waals surface area contributed by atoms with E-state index >= 15 is 0 Å². The number of carbonyl (C=O) groups is 2. The summed E-state index contributed by atoms with van der Waals surface area (Å²) in [6.07, 6.45) is -7.53. The van der Waals surface area contributed by atoms with E-state index in [2.05, 4.69) is 24.2 Å². The summed E-state index contributed by atoms with van der Waals surface area (Å²) in [5.74, 6) is -0.578. The van der Waals surface area contributed by atoms with Gasteiger partial charge in [-0.05, 0) is 71.9 Å². The first-order chi connectivity index (χ1) is 31.7. The monoisotopic (exact) mass is 956 g/mol. The summed E-state index contributed by atoms with van der Waals surface area (Å²) in [5.41, 5.74) is 3.03. The molecule has 2 aromatic heterocycles. The molecule has 16 heteroatoms. The summed E-state index contributed by atoms with van der Waals surface area (Å²) in [5, 5.41) is 16.3. The normalized spacial score (nSPS) is 12.7. The number of aryl methyl sites for hydroxylation is 4. The Labute approximate surface area is 393 Å². The van der Waals surface area contributed by atoms with Crippen LogP contribution < -0.4 is 9.47 Å². The fourth-order valence-corrected chi connectivity index (χ4v) is 7.91. The largest absolute Gasteiger partial charge is 0.478 e. The maximum Gasteiger partial charge on any atom is 0.437 e. The molecule has 0 aliphatic carbocycles. The molecule has 10 nitrogen and oxygen atoms in total. The number of halogens is 6. The van der Waals surface area contributed by atoms with Crippen LogP contribution in [0.3, 0.4) is 0 Å². The van der Waals surface area contributed by atoms with Crippen molar-refractivity contribution in [1.82, 2.24) is 10.3 Å².